The zero-order chi connectivity index (χ0) is 21.3. The highest BCUT2D eigenvalue weighted by Crippen LogP contribution is 2.39. The van der Waals surface area contributed by atoms with Gasteiger partial charge in [0.05, 0.1) is 13.1 Å². The van der Waals surface area contributed by atoms with Gasteiger partial charge >= 0.3 is 6.61 Å². The van der Waals surface area contributed by atoms with E-state index >= 15 is 0 Å². The quantitative estimate of drug-likeness (QED) is 0.437. The number of nitrogens with one attached hydrogen (secondary N) is 3. The highest BCUT2D eigenvalue weighted by atomic mass is 19.3. The second-order valence-electron chi connectivity index (χ2n) is 7.14. The average molecular weight is 426 g/mol. The molecule has 30 heavy (non-hydrogen) atoms. The first-order chi connectivity index (χ1) is 14.5. The molecule has 166 valence electrons. The number of guanidine groups is 1. The summed E-state index contributed by atoms with van der Waals surface area (Å²) in [5.74, 6) is 1.08. The summed E-state index contributed by atoms with van der Waals surface area (Å²) in [6.45, 7) is -0.343. The number of fused-ring (bicyclic) bond motifs is 1. The van der Waals surface area contributed by atoms with Gasteiger partial charge in [0.1, 0.15) is 5.75 Å². The predicted octanol–water partition coefficient (Wildman–Crippen LogP) is 2.52. The van der Waals surface area contributed by atoms with E-state index < -0.39 is 6.61 Å². The number of nitrogens with zero attached hydrogens (tertiary/aromatic N) is 1. The van der Waals surface area contributed by atoms with Crippen LogP contribution in [0, 0.1) is 0 Å². The maximum absolute atomic E-state index is 12.8. The largest absolute Gasteiger partial charge is 0.454 e. The molecule has 1 fully saturated rings. The molecule has 8 nitrogen and oxygen atoms in total. The Morgan fingerprint density at radius 2 is 1.93 bits per heavy atom. The molecule has 1 heterocycles. The van der Waals surface area contributed by atoms with Gasteiger partial charge in [0.15, 0.2) is 17.5 Å². The van der Waals surface area contributed by atoms with E-state index in [4.69, 9.17) is 9.47 Å². The molecule has 0 spiro atoms. The average Bonchev–Trinajstić information content (AvgIpc) is 3.17. The monoisotopic (exact) mass is 426 g/mol. The number of ether oxygens (including phenoxy) is 3. The molecular weight excluding hydrogens is 398 g/mol. The van der Waals surface area contributed by atoms with Crippen molar-refractivity contribution in [3.8, 4) is 17.2 Å². The summed E-state index contributed by atoms with van der Waals surface area (Å²) in [6.07, 6.45) is 5.52. The molecule has 1 aliphatic carbocycles. The molecule has 0 unspecified atom stereocenters. The SMILES string of the molecule is CCNC(=NCc1cc2c(cc1OC(F)F)OCO2)NCC(=O)NC1CCCCC1. The molecule has 0 bridgehead atoms. The second kappa shape index (κ2) is 10.8. The van der Waals surface area contributed by atoms with Crippen LogP contribution in [0.25, 0.3) is 0 Å². The number of rotatable bonds is 8. The number of aliphatic imine (C=N–C) groups is 1. The molecule has 1 aliphatic heterocycles. The topological polar surface area (TPSA) is 93.2 Å². The highest BCUT2D eigenvalue weighted by molar-refractivity contribution is 5.86. The fourth-order valence-corrected chi connectivity index (χ4v) is 3.49. The fraction of sp³-hybridized carbons (Fsp3) is 0.600. The summed E-state index contributed by atoms with van der Waals surface area (Å²) < 4.78 is 40.7. The van der Waals surface area contributed by atoms with Crippen molar-refractivity contribution in [1.29, 1.82) is 0 Å². The van der Waals surface area contributed by atoms with Crippen molar-refractivity contribution in [2.24, 2.45) is 4.99 Å². The number of carbonyl (C=O) groups excluding carboxylic acids is 1. The van der Waals surface area contributed by atoms with Gasteiger partial charge in [0.2, 0.25) is 12.7 Å². The minimum absolute atomic E-state index is 0.0242. The molecule has 1 aromatic rings. The molecule has 1 aromatic carbocycles. The third kappa shape index (κ3) is 6.36. The van der Waals surface area contributed by atoms with Crippen LogP contribution < -0.4 is 30.2 Å². The molecule has 10 heteroatoms. The number of benzene rings is 1. The molecule has 1 amide bonds. The van der Waals surface area contributed by atoms with Crippen LogP contribution in [0.5, 0.6) is 17.2 Å². The fourth-order valence-electron chi connectivity index (χ4n) is 3.49. The normalized spacial score (nSPS) is 16.5. The number of halogens is 2. The summed E-state index contributed by atoms with van der Waals surface area (Å²) >= 11 is 0. The number of hydrogen-bond acceptors (Lipinski definition) is 5. The zero-order valence-corrected chi connectivity index (χ0v) is 17.0. The lowest BCUT2D eigenvalue weighted by molar-refractivity contribution is -0.120. The van der Waals surface area contributed by atoms with Crippen molar-refractivity contribution in [3.05, 3.63) is 17.7 Å². The summed E-state index contributed by atoms with van der Waals surface area (Å²) in [5.41, 5.74) is 0.420. The van der Waals surface area contributed by atoms with Crippen LogP contribution in [0.4, 0.5) is 8.78 Å². The Balaban J connectivity index is 1.61. The first-order valence-electron chi connectivity index (χ1n) is 10.2. The number of amides is 1. The highest BCUT2D eigenvalue weighted by Gasteiger charge is 2.20. The van der Waals surface area contributed by atoms with Crippen LogP contribution in [0.2, 0.25) is 0 Å². The molecular formula is C20H28F2N4O4. The van der Waals surface area contributed by atoms with Crippen molar-refractivity contribution in [2.75, 3.05) is 19.9 Å². The van der Waals surface area contributed by atoms with Crippen LogP contribution in [0.15, 0.2) is 17.1 Å². The molecule has 0 saturated heterocycles. The molecule has 3 rings (SSSR count). The molecule has 0 radical (unpaired) electrons. The molecule has 1 saturated carbocycles. The summed E-state index contributed by atoms with van der Waals surface area (Å²) in [5, 5.41) is 9.04. The van der Waals surface area contributed by atoms with Crippen molar-refractivity contribution < 1.29 is 27.8 Å². The van der Waals surface area contributed by atoms with Gasteiger partial charge in [-0.25, -0.2) is 4.99 Å². The van der Waals surface area contributed by atoms with Gasteiger partial charge in [-0.3, -0.25) is 4.79 Å². The first-order valence-corrected chi connectivity index (χ1v) is 10.2. The zero-order valence-electron chi connectivity index (χ0n) is 17.0. The smallest absolute Gasteiger partial charge is 0.387 e. The van der Waals surface area contributed by atoms with Crippen molar-refractivity contribution in [1.82, 2.24) is 16.0 Å². The van der Waals surface area contributed by atoms with Crippen LogP contribution in [0.1, 0.15) is 44.6 Å². The third-order valence-electron chi connectivity index (χ3n) is 4.91. The van der Waals surface area contributed by atoms with E-state index in [0.717, 1.165) is 25.7 Å². The maximum Gasteiger partial charge on any atom is 0.387 e. The number of alkyl halides is 2. The van der Waals surface area contributed by atoms with Gasteiger partial charge in [-0.1, -0.05) is 19.3 Å². The van der Waals surface area contributed by atoms with Crippen LogP contribution in [0.3, 0.4) is 0 Å². The summed E-state index contributed by atoms with van der Waals surface area (Å²) in [7, 11) is 0. The Morgan fingerprint density at radius 1 is 1.20 bits per heavy atom. The van der Waals surface area contributed by atoms with E-state index in [1.807, 2.05) is 6.92 Å². The minimum Gasteiger partial charge on any atom is -0.454 e. The van der Waals surface area contributed by atoms with Crippen molar-refractivity contribution in [2.45, 2.75) is 58.2 Å². The summed E-state index contributed by atoms with van der Waals surface area (Å²) in [4.78, 5) is 16.6. The van der Waals surface area contributed by atoms with Gasteiger partial charge < -0.3 is 30.2 Å². The van der Waals surface area contributed by atoms with Crippen LogP contribution in [-0.4, -0.2) is 44.4 Å². The Labute approximate surface area is 174 Å². The Hall–Kier alpha value is -2.78. The Bertz CT molecular complexity index is 755. The number of hydrogen-bond donors (Lipinski definition) is 3. The van der Waals surface area contributed by atoms with Crippen LogP contribution in [-0.2, 0) is 11.3 Å². The van der Waals surface area contributed by atoms with Crippen molar-refractivity contribution >= 4 is 11.9 Å². The predicted molar refractivity (Wildman–Crippen MR) is 107 cm³/mol. The lowest BCUT2D eigenvalue weighted by Crippen LogP contribution is -2.46. The van der Waals surface area contributed by atoms with Crippen molar-refractivity contribution in [3.63, 3.8) is 0 Å². The van der Waals surface area contributed by atoms with Gasteiger partial charge in [-0.15, -0.1) is 0 Å². The minimum atomic E-state index is -2.97. The Kier molecular flexibility index (Phi) is 7.92. The van der Waals surface area contributed by atoms with E-state index in [9.17, 15) is 13.6 Å². The van der Waals surface area contributed by atoms with Gasteiger partial charge in [0, 0.05) is 24.2 Å². The van der Waals surface area contributed by atoms with E-state index in [2.05, 4.69) is 25.7 Å². The van der Waals surface area contributed by atoms with E-state index in [1.165, 1.54) is 12.5 Å². The lowest BCUT2D eigenvalue weighted by Gasteiger charge is -2.23. The second-order valence-corrected chi connectivity index (χ2v) is 7.14. The molecule has 0 aromatic heterocycles. The van der Waals surface area contributed by atoms with Crippen LogP contribution >= 0.6 is 0 Å². The van der Waals surface area contributed by atoms with E-state index in [1.54, 1.807) is 6.07 Å². The van der Waals surface area contributed by atoms with Gasteiger partial charge in [-0.05, 0) is 25.8 Å². The van der Waals surface area contributed by atoms with Gasteiger partial charge in [-0.2, -0.15) is 8.78 Å². The standard InChI is InChI=1S/C20H28F2N4O4/c1-2-23-20(25-11-18(27)26-14-6-4-3-5-7-14)24-10-13-8-16-17(29-12-28-16)9-15(13)30-19(21)22/h8-9,14,19H,2-7,10-12H2,1H3,(H,26,27)(H2,23,24,25). The maximum atomic E-state index is 12.8. The summed E-state index contributed by atoms with van der Waals surface area (Å²) in [6, 6.07) is 3.18. The molecule has 2 aliphatic rings. The third-order valence-corrected chi connectivity index (χ3v) is 4.91. The molecule has 0 atom stereocenters. The van der Waals surface area contributed by atoms with Gasteiger partial charge in [0.25, 0.3) is 0 Å². The Morgan fingerprint density at radius 3 is 2.63 bits per heavy atom. The van der Waals surface area contributed by atoms with E-state index in [0.29, 0.717) is 29.6 Å². The number of carbonyl (C=O) groups is 1. The molecule has 3 N–H and O–H groups in total. The lowest BCUT2D eigenvalue weighted by atomic mass is 9.95. The first kappa shape index (κ1) is 21.9. The van der Waals surface area contributed by atoms with E-state index in [-0.39, 0.29) is 37.6 Å².